The van der Waals surface area contributed by atoms with Crippen molar-refractivity contribution in [1.29, 1.82) is 0 Å². The number of hydrogen-bond donors (Lipinski definition) is 2. The molecule has 1 rings (SSSR count). The molecule has 1 aliphatic heterocycles. The molecule has 0 aliphatic carbocycles. The van der Waals surface area contributed by atoms with E-state index in [-0.39, 0.29) is 18.0 Å². The van der Waals surface area contributed by atoms with Crippen LogP contribution in [0.1, 0.15) is 20.8 Å². The molecule has 2 atom stereocenters. The topological polar surface area (TPSA) is 55.8 Å². The fourth-order valence-electron chi connectivity index (χ4n) is 2.25. The van der Waals surface area contributed by atoms with Gasteiger partial charge >= 0.3 is 6.18 Å². The third kappa shape index (κ3) is 5.80. The second-order valence-electron chi connectivity index (χ2n) is 5.73. The van der Waals surface area contributed by atoms with Crippen LogP contribution < -0.4 is 5.32 Å². The lowest BCUT2D eigenvalue weighted by Crippen LogP contribution is -2.56. The number of hydrogen-bond acceptors (Lipinski definition) is 4. The van der Waals surface area contributed by atoms with Crippen LogP contribution in [0.2, 0.25) is 0 Å². The van der Waals surface area contributed by atoms with Crippen molar-refractivity contribution in [3.63, 3.8) is 0 Å². The predicted octanol–water partition coefficient (Wildman–Crippen LogP) is 0.440. The lowest BCUT2D eigenvalue weighted by Gasteiger charge is -2.38. The molecule has 0 radical (unpaired) electrons. The van der Waals surface area contributed by atoms with Crippen molar-refractivity contribution in [2.24, 2.45) is 0 Å². The second kappa shape index (κ2) is 7.42. The summed E-state index contributed by atoms with van der Waals surface area (Å²) in [4.78, 5) is 15.4. The molecule has 5 nitrogen and oxygen atoms in total. The average molecular weight is 311 g/mol. The minimum atomic E-state index is -4.58. The van der Waals surface area contributed by atoms with E-state index < -0.39 is 18.8 Å². The van der Waals surface area contributed by atoms with Crippen LogP contribution in [-0.2, 0) is 4.79 Å². The lowest BCUT2D eigenvalue weighted by molar-refractivity contribution is -0.209. The summed E-state index contributed by atoms with van der Waals surface area (Å²) in [5, 5.41) is 11.9. The van der Waals surface area contributed by atoms with Crippen LogP contribution in [0.3, 0.4) is 0 Å². The van der Waals surface area contributed by atoms with Crippen LogP contribution in [-0.4, -0.2) is 77.9 Å². The summed E-state index contributed by atoms with van der Waals surface area (Å²) in [5.41, 5.74) is 0. The Morgan fingerprint density at radius 1 is 1.19 bits per heavy atom. The van der Waals surface area contributed by atoms with Crippen LogP contribution in [0, 0.1) is 0 Å². The zero-order chi connectivity index (χ0) is 16.2. The first-order chi connectivity index (χ1) is 9.61. The van der Waals surface area contributed by atoms with E-state index in [0.717, 1.165) is 0 Å². The summed E-state index contributed by atoms with van der Waals surface area (Å²) < 4.78 is 36.9. The molecular formula is C13H24F3N3O2. The summed E-state index contributed by atoms with van der Waals surface area (Å²) in [5.74, 6) is -0.0752. The Hall–Kier alpha value is -0.860. The highest BCUT2D eigenvalue weighted by Gasteiger charge is 2.39. The van der Waals surface area contributed by atoms with Gasteiger partial charge in [-0.1, -0.05) is 0 Å². The van der Waals surface area contributed by atoms with Gasteiger partial charge in [-0.15, -0.1) is 0 Å². The molecule has 0 bridgehead atoms. The van der Waals surface area contributed by atoms with E-state index in [2.05, 4.69) is 5.32 Å². The van der Waals surface area contributed by atoms with Crippen LogP contribution in [0.25, 0.3) is 0 Å². The smallest absolute Gasteiger partial charge is 0.382 e. The molecule has 8 heteroatoms. The number of aliphatic hydroxyl groups excluding tert-OH is 1. The maximum atomic E-state index is 12.3. The maximum absolute atomic E-state index is 12.3. The average Bonchev–Trinajstić information content (AvgIpc) is 2.36. The van der Waals surface area contributed by atoms with Crippen molar-refractivity contribution in [1.82, 2.24) is 15.1 Å². The molecule has 0 aromatic heterocycles. The number of nitrogens with one attached hydrogen (secondary N) is 1. The first-order valence-electron chi connectivity index (χ1n) is 7.12. The van der Waals surface area contributed by atoms with Gasteiger partial charge in [0.2, 0.25) is 5.91 Å². The van der Waals surface area contributed by atoms with Crippen molar-refractivity contribution in [2.75, 3.05) is 32.7 Å². The molecule has 0 spiro atoms. The lowest BCUT2D eigenvalue weighted by atomic mass is 10.2. The number of piperazine rings is 1. The fraction of sp³-hybridized carbons (Fsp3) is 0.923. The van der Waals surface area contributed by atoms with Gasteiger partial charge in [-0.3, -0.25) is 14.6 Å². The Labute approximate surface area is 123 Å². The van der Waals surface area contributed by atoms with Gasteiger partial charge in [-0.05, 0) is 20.8 Å². The molecule has 2 N–H and O–H groups in total. The van der Waals surface area contributed by atoms with Gasteiger partial charge in [0.1, 0.15) is 0 Å². The van der Waals surface area contributed by atoms with Gasteiger partial charge in [0.25, 0.3) is 0 Å². The highest BCUT2D eigenvalue weighted by Crippen LogP contribution is 2.21. The van der Waals surface area contributed by atoms with Crippen molar-refractivity contribution in [2.45, 2.75) is 45.1 Å². The number of β-amino-alcohol motifs (C(OH)–C–C–N with tert-alkyl or cyclic N) is 1. The predicted molar refractivity (Wildman–Crippen MR) is 72.8 cm³/mol. The van der Waals surface area contributed by atoms with E-state index in [4.69, 9.17) is 5.11 Å². The molecule has 124 valence electrons. The fourth-order valence-corrected chi connectivity index (χ4v) is 2.25. The largest absolute Gasteiger partial charge is 0.415 e. The Kier molecular flexibility index (Phi) is 6.42. The molecule has 1 amide bonds. The normalized spacial score (nSPS) is 21.3. The third-order valence-corrected chi connectivity index (χ3v) is 3.57. The number of aliphatic hydroxyl groups is 1. The van der Waals surface area contributed by atoms with E-state index in [1.807, 2.05) is 18.7 Å². The van der Waals surface area contributed by atoms with Crippen molar-refractivity contribution in [3.8, 4) is 0 Å². The molecule has 0 unspecified atom stereocenters. The number of amides is 1. The molecule has 1 fully saturated rings. The molecule has 0 aromatic rings. The van der Waals surface area contributed by atoms with Gasteiger partial charge in [0.15, 0.2) is 6.10 Å². The van der Waals surface area contributed by atoms with Gasteiger partial charge in [-0.2, -0.15) is 13.2 Å². The molecule has 0 saturated carbocycles. The Balaban J connectivity index is 2.40. The molecule has 1 heterocycles. The monoisotopic (exact) mass is 311 g/mol. The van der Waals surface area contributed by atoms with Gasteiger partial charge in [0, 0.05) is 38.8 Å². The highest BCUT2D eigenvalue weighted by atomic mass is 19.4. The van der Waals surface area contributed by atoms with Gasteiger partial charge < -0.3 is 10.4 Å². The Bertz CT molecular complexity index is 342. The first kappa shape index (κ1) is 18.2. The van der Waals surface area contributed by atoms with E-state index in [0.29, 0.717) is 26.2 Å². The standard InChI is InChI=1S/C13H24F3N3O2/c1-9(2)17-12(21)10(3)19-6-4-18(5-7-19)8-11(20)13(14,15)16/h9-11,20H,4-8H2,1-3H3,(H,17,21)/t10-,11+/m0/s1. The summed E-state index contributed by atoms with van der Waals surface area (Å²) in [7, 11) is 0. The molecule has 1 saturated heterocycles. The first-order valence-corrected chi connectivity index (χ1v) is 7.12. The van der Waals surface area contributed by atoms with E-state index in [1.54, 1.807) is 11.8 Å². The van der Waals surface area contributed by atoms with Crippen molar-refractivity contribution >= 4 is 5.91 Å². The minimum absolute atomic E-state index is 0.0585. The zero-order valence-corrected chi connectivity index (χ0v) is 12.7. The van der Waals surface area contributed by atoms with Crippen molar-refractivity contribution in [3.05, 3.63) is 0 Å². The highest BCUT2D eigenvalue weighted by molar-refractivity contribution is 5.81. The molecule has 0 aromatic carbocycles. The molecule has 21 heavy (non-hydrogen) atoms. The Morgan fingerprint density at radius 3 is 2.14 bits per heavy atom. The van der Waals surface area contributed by atoms with E-state index in [1.165, 1.54) is 0 Å². The summed E-state index contributed by atoms with van der Waals surface area (Å²) in [6.07, 6.45) is -6.90. The van der Waals surface area contributed by atoms with Crippen molar-refractivity contribution < 1.29 is 23.1 Å². The van der Waals surface area contributed by atoms with Crippen LogP contribution in [0.15, 0.2) is 0 Å². The molecule has 1 aliphatic rings. The van der Waals surface area contributed by atoms with Crippen LogP contribution >= 0.6 is 0 Å². The van der Waals surface area contributed by atoms with E-state index in [9.17, 15) is 18.0 Å². The zero-order valence-electron chi connectivity index (χ0n) is 12.7. The summed E-state index contributed by atoms with van der Waals surface area (Å²) in [6, 6.07) is -0.245. The Morgan fingerprint density at radius 2 is 1.71 bits per heavy atom. The van der Waals surface area contributed by atoms with Gasteiger partial charge in [-0.25, -0.2) is 0 Å². The van der Waals surface area contributed by atoms with Crippen LogP contribution in [0.5, 0.6) is 0 Å². The summed E-state index contributed by atoms with van der Waals surface area (Å²) in [6.45, 7) is 6.97. The number of nitrogens with zero attached hydrogens (tertiary/aromatic N) is 2. The van der Waals surface area contributed by atoms with E-state index >= 15 is 0 Å². The quantitative estimate of drug-likeness (QED) is 0.774. The number of rotatable bonds is 5. The maximum Gasteiger partial charge on any atom is 0.415 e. The van der Waals surface area contributed by atoms with Crippen LogP contribution in [0.4, 0.5) is 13.2 Å². The summed E-state index contributed by atoms with van der Waals surface area (Å²) >= 11 is 0. The SMILES string of the molecule is CC(C)NC(=O)[C@H](C)N1CCN(C[C@@H](O)C(F)(F)F)CC1. The molecular weight excluding hydrogens is 287 g/mol. The third-order valence-electron chi connectivity index (χ3n) is 3.57. The minimum Gasteiger partial charge on any atom is -0.382 e. The van der Waals surface area contributed by atoms with Gasteiger partial charge in [0.05, 0.1) is 6.04 Å². The second-order valence-corrected chi connectivity index (χ2v) is 5.73. The number of halogens is 3. The number of alkyl halides is 3. The number of carbonyl (C=O) groups is 1. The number of carbonyl (C=O) groups excluding carboxylic acids is 1.